The molecule has 1 saturated carbocycles. The van der Waals surface area contributed by atoms with Gasteiger partial charge in [0.1, 0.15) is 0 Å². The summed E-state index contributed by atoms with van der Waals surface area (Å²) < 4.78 is 5.37. The second-order valence-corrected chi connectivity index (χ2v) is 6.06. The number of nitrogens with one attached hydrogen (secondary N) is 1. The first-order chi connectivity index (χ1) is 8.34. The minimum Gasteiger partial charge on any atom is -0.393 e. The van der Waals surface area contributed by atoms with Gasteiger partial charge in [-0.1, -0.05) is 39.4 Å². The molecule has 0 bridgehead atoms. The Labute approximate surface area is 115 Å². The highest BCUT2D eigenvalue weighted by molar-refractivity contribution is 7.80. The van der Waals surface area contributed by atoms with Crippen molar-refractivity contribution in [1.29, 1.82) is 0 Å². The van der Waals surface area contributed by atoms with Crippen molar-refractivity contribution in [3.05, 3.63) is 0 Å². The summed E-state index contributed by atoms with van der Waals surface area (Å²) in [5.41, 5.74) is 5.60. The highest BCUT2D eigenvalue weighted by Gasteiger charge is 2.49. The minimum atomic E-state index is -0.345. The number of carbonyl (C=O) groups excluding carboxylic acids is 1. The van der Waals surface area contributed by atoms with Crippen molar-refractivity contribution in [3.8, 4) is 0 Å². The van der Waals surface area contributed by atoms with Crippen LogP contribution in [-0.2, 0) is 9.53 Å². The van der Waals surface area contributed by atoms with Gasteiger partial charge >= 0.3 is 0 Å². The average molecular weight is 272 g/mol. The van der Waals surface area contributed by atoms with Crippen molar-refractivity contribution in [2.24, 2.45) is 17.1 Å². The zero-order valence-corrected chi connectivity index (χ0v) is 12.5. The lowest BCUT2D eigenvalue weighted by molar-refractivity contribution is -0.134. The van der Waals surface area contributed by atoms with E-state index in [9.17, 15) is 4.79 Å². The van der Waals surface area contributed by atoms with Crippen LogP contribution in [0.3, 0.4) is 0 Å². The standard InChI is InChI=1S/C13H24N2O2S/c1-5-6-8(11(14)18)12(16)15-9-7-10(17-4)13(9,2)3/h8-10H,5-7H2,1-4H3,(H2,14,18)(H,15,16). The van der Waals surface area contributed by atoms with E-state index in [2.05, 4.69) is 19.2 Å². The molecule has 3 unspecified atom stereocenters. The summed E-state index contributed by atoms with van der Waals surface area (Å²) in [7, 11) is 1.71. The molecule has 1 amide bonds. The van der Waals surface area contributed by atoms with Crippen molar-refractivity contribution in [2.45, 2.75) is 52.2 Å². The molecule has 104 valence electrons. The molecule has 0 spiro atoms. The van der Waals surface area contributed by atoms with E-state index in [0.29, 0.717) is 6.42 Å². The van der Waals surface area contributed by atoms with Gasteiger partial charge in [0.15, 0.2) is 0 Å². The van der Waals surface area contributed by atoms with Crippen LogP contribution in [0.5, 0.6) is 0 Å². The maximum atomic E-state index is 12.1. The van der Waals surface area contributed by atoms with Crippen LogP contribution >= 0.6 is 12.2 Å². The summed E-state index contributed by atoms with van der Waals surface area (Å²) >= 11 is 4.96. The Hall–Kier alpha value is -0.680. The fraction of sp³-hybridized carbons (Fsp3) is 0.846. The number of hydrogen-bond acceptors (Lipinski definition) is 3. The summed E-state index contributed by atoms with van der Waals surface area (Å²) in [4.78, 5) is 12.4. The first-order valence-corrected chi connectivity index (χ1v) is 6.87. The summed E-state index contributed by atoms with van der Waals surface area (Å²) in [6.07, 6.45) is 2.66. The molecule has 3 atom stereocenters. The molecule has 0 radical (unpaired) electrons. The van der Waals surface area contributed by atoms with Crippen molar-refractivity contribution in [3.63, 3.8) is 0 Å². The normalized spacial score (nSPS) is 27.1. The third-order valence-corrected chi connectivity index (χ3v) is 4.30. The largest absolute Gasteiger partial charge is 0.393 e. The van der Waals surface area contributed by atoms with Gasteiger partial charge in [-0.15, -0.1) is 0 Å². The number of ether oxygens (including phenoxy) is 1. The predicted octanol–water partition coefficient (Wildman–Crippen LogP) is 1.62. The molecule has 18 heavy (non-hydrogen) atoms. The Morgan fingerprint density at radius 2 is 2.22 bits per heavy atom. The van der Waals surface area contributed by atoms with Gasteiger partial charge in [0, 0.05) is 18.6 Å². The molecule has 0 aromatic heterocycles. The quantitative estimate of drug-likeness (QED) is 0.721. The van der Waals surface area contributed by atoms with Gasteiger partial charge in [-0.2, -0.15) is 0 Å². The van der Waals surface area contributed by atoms with Crippen LogP contribution in [0, 0.1) is 11.3 Å². The fourth-order valence-electron chi connectivity index (χ4n) is 2.49. The molecule has 0 aromatic carbocycles. The molecule has 0 heterocycles. The Morgan fingerprint density at radius 1 is 1.61 bits per heavy atom. The van der Waals surface area contributed by atoms with E-state index in [-0.39, 0.29) is 34.4 Å². The average Bonchev–Trinajstić information content (AvgIpc) is 2.30. The lowest BCUT2D eigenvalue weighted by Crippen LogP contribution is -2.62. The first-order valence-electron chi connectivity index (χ1n) is 6.47. The summed E-state index contributed by atoms with van der Waals surface area (Å²) in [5, 5.41) is 3.05. The number of carbonyl (C=O) groups is 1. The van der Waals surface area contributed by atoms with Gasteiger partial charge in [0.25, 0.3) is 0 Å². The maximum absolute atomic E-state index is 12.1. The van der Waals surface area contributed by atoms with E-state index >= 15 is 0 Å². The number of rotatable bonds is 6. The Morgan fingerprint density at radius 3 is 2.61 bits per heavy atom. The van der Waals surface area contributed by atoms with Gasteiger partial charge in [-0.25, -0.2) is 0 Å². The fourth-order valence-corrected chi connectivity index (χ4v) is 2.72. The van der Waals surface area contributed by atoms with Gasteiger partial charge in [-0.3, -0.25) is 4.79 Å². The Bertz CT molecular complexity index is 331. The van der Waals surface area contributed by atoms with Crippen molar-refractivity contribution < 1.29 is 9.53 Å². The maximum Gasteiger partial charge on any atom is 0.230 e. The molecule has 1 aliphatic rings. The monoisotopic (exact) mass is 272 g/mol. The van der Waals surface area contributed by atoms with Crippen molar-refractivity contribution in [2.75, 3.05) is 7.11 Å². The van der Waals surface area contributed by atoms with Gasteiger partial charge in [0.05, 0.1) is 17.0 Å². The number of thiocarbonyl (C=S) groups is 1. The highest BCUT2D eigenvalue weighted by atomic mass is 32.1. The number of amides is 1. The van der Waals surface area contributed by atoms with Crippen LogP contribution in [0.25, 0.3) is 0 Å². The molecule has 3 N–H and O–H groups in total. The summed E-state index contributed by atoms with van der Waals surface area (Å²) in [6, 6.07) is 0.142. The van der Waals surface area contributed by atoms with E-state index in [0.717, 1.165) is 12.8 Å². The van der Waals surface area contributed by atoms with Gasteiger partial charge < -0.3 is 15.8 Å². The number of nitrogens with two attached hydrogens (primary N) is 1. The summed E-state index contributed by atoms with van der Waals surface area (Å²) in [6.45, 7) is 6.23. The number of hydrogen-bond donors (Lipinski definition) is 2. The van der Waals surface area contributed by atoms with E-state index in [1.165, 1.54) is 0 Å². The predicted molar refractivity (Wildman–Crippen MR) is 76.3 cm³/mol. The molecule has 5 heteroatoms. The van der Waals surface area contributed by atoms with Crippen molar-refractivity contribution >= 4 is 23.1 Å². The molecule has 0 saturated heterocycles. The van der Waals surface area contributed by atoms with Crippen LogP contribution in [0.4, 0.5) is 0 Å². The molecule has 1 rings (SSSR count). The second kappa shape index (κ2) is 5.97. The highest BCUT2D eigenvalue weighted by Crippen LogP contribution is 2.42. The molecule has 0 aromatic rings. The van der Waals surface area contributed by atoms with E-state index < -0.39 is 0 Å². The van der Waals surface area contributed by atoms with E-state index in [1.54, 1.807) is 7.11 Å². The minimum absolute atomic E-state index is 0.0304. The van der Waals surface area contributed by atoms with E-state index in [1.807, 2.05) is 6.92 Å². The third-order valence-electron chi connectivity index (χ3n) is 4.02. The van der Waals surface area contributed by atoms with Gasteiger partial charge in [0.2, 0.25) is 5.91 Å². The summed E-state index contributed by atoms with van der Waals surface area (Å²) in [5.74, 6) is -0.389. The number of methoxy groups -OCH3 is 1. The van der Waals surface area contributed by atoms with E-state index in [4.69, 9.17) is 22.7 Å². The topological polar surface area (TPSA) is 64.3 Å². The molecule has 0 aliphatic heterocycles. The second-order valence-electron chi connectivity index (χ2n) is 5.59. The lowest BCUT2D eigenvalue weighted by Gasteiger charge is -2.51. The first kappa shape index (κ1) is 15.4. The van der Waals surface area contributed by atoms with Crippen LogP contribution in [0.1, 0.15) is 40.0 Å². The molecular weight excluding hydrogens is 248 g/mol. The molecule has 4 nitrogen and oxygen atoms in total. The Balaban J connectivity index is 2.58. The Kier molecular flexibility index (Phi) is 5.10. The van der Waals surface area contributed by atoms with Gasteiger partial charge in [-0.05, 0) is 12.8 Å². The molecule has 1 aliphatic carbocycles. The van der Waals surface area contributed by atoms with Crippen molar-refractivity contribution in [1.82, 2.24) is 5.32 Å². The molecule has 1 fully saturated rings. The molecular formula is C13H24N2O2S. The van der Waals surface area contributed by atoms with Crippen LogP contribution in [0.2, 0.25) is 0 Å². The zero-order chi connectivity index (χ0) is 13.9. The van der Waals surface area contributed by atoms with Crippen LogP contribution in [0.15, 0.2) is 0 Å². The SMILES string of the molecule is CCCC(C(=O)NC1CC(OC)C1(C)C)C(N)=S. The zero-order valence-electron chi connectivity index (χ0n) is 11.7. The van der Waals surface area contributed by atoms with Crippen LogP contribution < -0.4 is 11.1 Å². The third kappa shape index (κ3) is 3.01. The lowest BCUT2D eigenvalue weighted by atomic mass is 9.64. The van der Waals surface area contributed by atoms with Crippen LogP contribution in [-0.4, -0.2) is 30.2 Å². The smallest absolute Gasteiger partial charge is 0.230 e.